The summed E-state index contributed by atoms with van der Waals surface area (Å²) >= 11 is 0. The predicted molar refractivity (Wildman–Crippen MR) is 94.1 cm³/mol. The lowest BCUT2D eigenvalue weighted by molar-refractivity contribution is -0.137. The fraction of sp³-hybridized carbons (Fsp3) is 0.556. The fourth-order valence-corrected chi connectivity index (χ4v) is 4.00. The lowest BCUT2D eigenvalue weighted by Gasteiger charge is -2.38. The highest BCUT2D eigenvalue weighted by Crippen LogP contribution is 2.28. The number of carbonyl (C=O) groups is 1. The number of anilines is 1. The minimum Gasteiger partial charge on any atom is -0.342 e. The predicted octanol–water partition coefficient (Wildman–Crippen LogP) is 1.82. The van der Waals surface area contributed by atoms with Crippen LogP contribution in [-0.4, -0.2) is 57.2 Å². The zero-order valence-corrected chi connectivity index (χ0v) is 14.3. The van der Waals surface area contributed by atoms with Crippen LogP contribution >= 0.6 is 0 Å². The first-order chi connectivity index (χ1) is 12.3. The van der Waals surface area contributed by atoms with Crippen LogP contribution in [0.25, 0.3) is 0 Å². The average molecular weight is 340 g/mol. The third kappa shape index (κ3) is 3.50. The molecule has 2 aliphatic rings. The number of nitrogens with zero attached hydrogens (tertiary/aromatic N) is 5. The van der Waals surface area contributed by atoms with Gasteiger partial charge < -0.3 is 9.80 Å². The quantitative estimate of drug-likeness (QED) is 0.922. The number of aromatic amines is 1. The van der Waals surface area contributed by atoms with Gasteiger partial charge in [0, 0.05) is 56.4 Å². The second-order valence-corrected chi connectivity index (χ2v) is 6.97. The van der Waals surface area contributed by atoms with Crippen molar-refractivity contribution in [3.05, 3.63) is 36.4 Å². The topological polar surface area (TPSA) is 78.0 Å². The van der Waals surface area contributed by atoms with E-state index in [1.54, 1.807) is 18.6 Å². The Bertz CT molecular complexity index is 689. The van der Waals surface area contributed by atoms with Gasteiger partial charge in [0.25, 0.3) is 0 Å². The van der Waals surface area contributed by atoms with Crippen molar-refractivity contribution >= 4 is 11.9 Å². The molecule has 2 fully saturated rings. The molecule has 0 radical (unpaired) electrons. The van der Waals surface area contributed by atoms with E-state index in [-0.39, 0.29) is 11.8 Å². The van der Waals surface area contributed by atoms with Crippen LogP contribution in [0.1, 0.15) is 37.3 Å². The number of H-pyrrole nitrogens is 1. The number of carbonyl (C=O) groups excluding carboxylic acids is 1. The van der Waals surface area contributed by atoms with Crippen LogP contribution in [0, 0.1) is 5.92 Å². The first kappa shape index (κ1) is 16.1. The van der Waals surface area contributed by atoms with Crippen molar-refractivity contribution in [2.24, 2.45) is 5.92 Å². The Labute approximate surface area is 147 Å². The van der Waals surface area contributed by atoms with Crippen LogP contribution in [0.2, 0.25) is 0 Å². The van der Waals surface area contributed by atoms with Gasteiger partial charge in [-0.25, -0.2) is 9.97 Å². The fourth-order valence-electron chi connectivity index (χ4n) is 4.00. The first-order valence-electron chi connectivity index (χ1n) is 9.11. The van der Waals surface area contributed by atoms with Gasteiger partial charge in [0.15, 0.2) is 0 Å². The molecule has 2 aromatic rings. The molecule has 4 rings (SSSR count). The largest absolute Gasteiger partial charge is 0.342 e. The van der Waals surface area contributed by atoms with Crippen LogP contribution in [0.5, 0.6) is 0 Å². The summed E-state index contributed by atoms with van der Waals surface area (Å²) in [4.78, 5) is 25.9. The van der Waals surface area contributed by atoms with Crippen molar-refractivity contribution in [2.75, 3.05) is 31.1 Å². The second-order valence-electron chi connectivity index (χ2n) is 6.97. The van der Waals surface area contributed by atoms with Gasteiger partial charge in [-0.3, -0.25) is 9.89 Å². The molecule has 0 aromatic carbocycles. The van der Waals surface area contributed by atoms with E-state index in [1.807, 2.05) is 12.1 Å². The number of hydrogen-bond donors (Lipinski definition) is 1. The monoisotopic (exact) mass is 340 g/mol. The summed E-state index contributed by atoms with van der Waals surface area (Å²) in [5.41, 5.74) is 1.14. The molecule has 2 aliphatic heterocycles. The molecule has 0 saturated carbocycles. The Morgan fingerprint density at radius 1 is 1.08 bits per heavy atom. The zero-order valence-electron chi connectivity index (χ0n) is 14.3. The molecule has 1 N–H and O–H groups in total. The van der Waals surface area contributed by atoms with Gasteiger partial charge in [-0.1, -0.05) is 0 Å². The molecule has 7 heteroatoms. The van der Waals surface area contributed by atoms with Crippen LogP contribution in [0.15, 0.2) is 30.7 Å². The maximum Gasteiger partial charge on any atom is 0.227 e. The zero-order chi connectivity index (χ0) is 17.1. The lowest BCUT2D eigenvalue weighted by Crippen LogP contribution is -2.48. The minimum absolute atomic E-state index is 0.0399. The maximum atomic E-state index is 13.1. The van der Waals surface area contributed by atoms with Gasteiger partial charge in [0.05, 0.1) is 5.92 Å². The van der Waals surface area contributed by atoms with Crippen molar-refractivity contribution in [1.29, 1.82) is 0 Å². The van der Waals surface area contributed by atoms with Gasteiger partial charge >= 0.3 is 0 Å². The van der Waals surface area contributed by atoms with Gasteiger partial charge in [0.1, 0.15) is 0 Å². The molecule has 132 valence electrons. The number of likely N-dealkylation sites (tertiary alicyclic amines) is 1. The standard InChI is InChI=1S/C18H24N6O/c25-17(23-10-1-4-14(12-23)16-6-9-21-22-16)15-5-2-11-24(13-15)18-19-7-3-8-20-18/h3,6-9,14-15H,1-2,4-5,10-13H2,(H,21,22)/t14-,15-/m0/s1. The SMILES string of the molecule is O=C([C@H]1CCCN(c2ncccn2)C1)N1CCC[C@H](c2ccn[nH]2)C1. The number of hydrogen-bond acceptors (Lipinski definition) is 5. The number of aromatic nitrogens is 4. The molecule has 0 unspecified atom stereocenters. The van der Waals surface area contributed by atoms with Crippen LogP contribution in [0.3, 0.4) is 0 Å². The van der Waals surface area contributed by atoms with Crippen molar-refractivity contribution in [3.8, 4) is 0 Å². The van der Waals surface area contributed by atoms with E-state index < -0.39 is 0 Å². The third-order valence-electron chi connectivity index (χ3n) is 5.30. The molecule has 0 aliphatic carbocycles. The highest BCUT2D eigenvalue weighted by Gasteiger charge is 2.33. The van der Waals surface area contributed by atoms with E-state index in [9.17, 15) is 4.79 Å². The molecule has 2 aromatic heterocycles. The summed E-state index contributed by atoms with van der Waals surface area (Å²) in [6, 6.07) is 3.84. The Balaban J connectivity index is 1.41. The highest BCUT2D eigenvalue weighted by atomic mass is 16.2. The molecule has 1 amide bonds. The van der Waals surface area contributed by atoms with Gasteiger partial charge in [-0.15, -0.1) is 0 Å². The normalized spacial score (nSPS) is 24.3. The number of piperidine rings is 2. The Morgan fingerprint density at radius 2 is 1.92 bits per heavy atom. The minimum atomic E-state index is 0.0399. The van der Waals surface area contributed by atoms with Crippen molar-refractivity contribution < 1.29 is 4.79 Å². The molecule has 4 heterocycles. The van der Waals surface area contributed by atoms with E-state index in [0.717, 1.165) is 57.0 Å². The lowest BCUT2D eigenvalue weighted by atomic mass is 9.91. The van der Waals surface area contributed by atoms with E-state index >= 15 is 0 Å². The Kier molecular flexibility index (Phi) is 4.63. The molecule has 25 heavy (non-hydrogen) atoms. The van der Waals surface area contributed by atoms with E-state index in [4.69, 9.17) is 0 Å². The van der Waals surface area contributed by atoms with Crippen molar-refractivity contribution in [2.45, 2.75) is 31.6 Å². The molecule has 7 nitrogen and oxygen atoms in total. The second kappa shape index (κ2) is 7.21. The summed E-state index contributed by atoms with van der Waals surface area (Å²) in [7, 11) is 0. The van der Waals surface area contributed by atoms with Crippen LogP contribution in [-0.2, 0) is 4.79 Å². The van der Waals surface area contributed by atoms with Gasteiger partial charge in [-0.05, 0) is 37.8 Å². The number of amides is 1. The Morgan fingerprint density at radius 3 is 2.72 bits per heavy atom. The molecule has 0 spiro atoms. The van der Waals surface area contributed by atoms with Gasteiger partial charge in [-0.2, -0.15) is 5.10 Å². The summed E-state index contributed by atoms with van der Waals surface area (Å²) < 4.78 is 0. The maximum absolute atomic E-state index is 13.1. The molecular formula is C18H24N6O. The Hall–Kier alpha value is -2.44. The van der Waals surface area contributed by atoms with E-state index in [1.165, 1.54) is 0 Å². The summed E-state index contributed by atoms with van der Waals surface area (Å²) in [6.07, 6.45) is 9.42. The first-order valence-corrected chi connectivity index (χ1v) is 9.11. The van der Waals surface area contributed by atoms with E-state index in [2.05, 4.69) is 30.0 Å². The molecule has 2 atom stereocenters. The molecular weight excluding hydrogens is 316 g/mol. The summed E-state index contributed by atoms with van der Waals surface area (Å²) in [6.45, 7) is 3.29. The van der Waals surface area contributed by atoms with Gasteiger partial charge in [0.2, 0.25) is 11.9 Å². The smallest absolute Gasteiger partial charge is 0.227 e. The van der Waals surface area contributed by atoms with Crippen LogP contribution < -0.4 is 4.90 Å². The van der Waals surface area contributed by atoms with Crippen LogP contribution in [0.4, 0.5) is 5.95 Å². The number of nitrogens with one attached hydrogen (secondary N) is 1. The highest BCUT2D eigenvalue weighted by molar-refractivity contribution is 5.80. The summed E-state index contributed by atoms with van der Waals surface area (Å²) in [5.74, 6) is 1.43. The van der Waals surface area contributed by atoms with Crippen molar-refractivity contribution in [3.63, 3.8) is 0 Å². The van der Waals surface area contributed by atoms with Crippen molar-refractivity contribution in [1.82, 2.24) is 25.1 Å². The van der Waals surface area contributed by atoms with E-state index in [0.29, 0.717) is 12.5 Å². The molecule has 0 bridgehead atoms. The summed E-state index contributed by atoms with van der Waals surface area (Å²) in [5, 5.41) is 7.11. The average Bonchev–Trinajstić information content (AvgIpc) is 3.23. The third-order valence-corrected chi connectivity index (χ3v) is 5.30. The number of rotatable bonds is 3. The molecule has 2 saturated heterocycles.